The van der Waals surface area contributed by atoms with Gasteiger partial charge >= 0.3 is 0 Å². The lowest BCUT2D eigenvalue weighted by Crippen LogP contribution is -2.34. The summed E-state index contributed by atoms with van der Waals surface area (Å²) in [7, 11) is 0. The summed E-state index contributed by atoms with van der Waals surface area (Å²) < 4.78 is 10.9. The van der Waals surface area contributed by atoms with Crippen molar-refractivity contribution in [2.24, 2.45) is 0 Å². The Kier molecular flexibility index (Phi) is 1.88. The molecule has 0 aromatic carbocycles. The van der Waals surface area contributed by atoms with Crippen molar-refractivity contribution >= 4 is 0 Å². The molecule has 0 spiro atoms. The van der Waals surface area contributed by atoms with E-state index in [1.165, 1.54) is 0 Å². The summed E-state index contributed by atoms with van der Waals surface area (Å²) in [5, 5.41) is 3.35. The first-order chi connectivity index (χ1) is 4.97. The first-order valence-electron chi connectivity index (χ1n) is 3.89. The maximum Gasteiger partial charge on any atom is 0.0763 e. The predicted octanol–water partition coefficient (Wildman–Crippen LogP) is -0.236. The van der Waals surface area contributed by atoms with Crippen LogP contribution in [0.1, 0.15) is 6.42 Å². The minimum absolute atomic E-state index is 0.419. The SMILES string of the molecule is C1CC2OCCOCC2N1. The van der Waals surface area contributed by atoms with Crippen LogP contribution in [0.2, 0.25) is 0 Å². The van der Waals surface area contributed by atoms with Crippen LogP contribution in [-0.2, 0) is 9.47 Å². The molecule has 2 aliphatic rings. The second kappa shape index (κ2) is 2.86. The van der Waals surface area contributed by atoms with Crippen LogP contribution in [0.5, 0.6) is 0 Å². The highest BCUT2D eigenvalue weighted by Crippen LogP contribution is 2.13. The minimum atomic E-state index is 0.419. The number of hydrogen-bond acceptors (Lipinski definition) is 3. The van der Waals surface area contributed by atoms with Crippen molar-refractivity contribution in [1.82, 2.24) is 5.32 Å². The highest BCUT2D eigenvalue weighted by Gasteiger charge is 2.28. The molecule has 2 atom stereocenters. The average molecular weight is 143 g/mol. The van der Waals surface area contributed by atoms with Crippen LogP contribution < -0.4 is 5.32 Å². The Balaban J connectivity index is 1.95. The van der Waals surface area contributed by atoms with Crippen molar-refractivity contribution in [3.63, 3.8) is 0 Å². The van der Waals surface area contributed by atoms with Gasteiger partial charge in [0, 0.05) is 0 Å². The second-order valence-corrected chi connectivity index (χ2v) is 2.83. The molecule has 10 heavy (non-hydrogen) atoms. The highest BCUT2D eigenvalue weighted by atomic mass is 16.5. The van der Waals surface area contributed by atoms with E-state index < -0.39 is 0 Å². The van der Waals surface area contributed by atoms with Gasteiger partial charge in [-0.3, -0.25) is 0 Å². The van der Waals surface area contributed by atoms with Gasteiger partial charge in [-0.15, -0.1) is 0 Å². The summed E-state index contributed by atoms with van der Waals surface area (Å²) in [6, 6.07) is 0.461. The maximum atomic E-state index is 5.54. The molecule has 0 aromatic heterocycles. The molecule has 0 radical (unpaired) electrons. The monoisotopic (exact) mass is 143 g/mol. The smallest absolute Gasteiger partial charge is 0.0763 e. The molecule has 58 valence electrons. The zero-order valence-electron chi connectivity index (χ0n) is 6.01. The Hall–Kier alpha value is -0.120. The normalized spacial score (nSPS) is 40.8. The Morgan fingerprint density at radius 1 is 1.30 bits per heavy atom. The lowest BCUT2D eigenvalue weighted by molar-refractivity contribution is 0.0549. The Labute approximate surface area is 60.7 Å². The van der Waals surface area contributed by atoms with Crippen LogP contribution in [0.15, 0.2) is 0 Å². The molecule has 0 aliphatic carbocycles. The van der Waals surface area contributed by atoms with Gasteiger partial charge in [0.15, 0.2) is 0 Å². The summed E-state index contributed by atoms with van der Waals surface area (Å²) in [5.74, 6) is 0. The van der Waals surface area contributed by atoms with E-state index in [0.717, 1.165) is 32.8 Å². The lowest BCUT2D eigenvalue weighted by atomic mass is 10.2. The summed E-state index contributed by atoms with van der Waals surface area (Å²) in [4.78, 5) is 0. The van der Waals surface area contributed by atoms with E-state index in [4.69, 9.17) is 9.47 Å². The molecule has 2 aliphatic heterocycles. The molecular formula is C7H13NO2. The Morgan fingerprint density at radius 2 is 2.30 bits per heavy atom. The van der Waals surface area contributed by atoms with Crippen molar-refractivity contribution in [3.05, 3.63) is 0 Å². The highest BCUT2D eigenvalue weighted by molar-refractivity contribution is 4.85. The Bertz CT molecular complexity index is 106. The molecule has 2 unspecified atom stereocenters. The molecule has 0 amide bonds. The van der Waals surface area contributed by atoms with Crippen molar-refractivity contribution in [2.45, 2.75) is 18.6 Å². The zero-order valence-corrected chi connectivity index (χ0v) is 6.01. The van der Waals surface area contributed by atoms with Crippen molar-refractivity contribution in [3.8, 4) is 0 Å². The minimum Gasteiger partial charge on any atom is -0.377 e. The molecule has 0 bridgehead atoms. The number of fused-ring (bicyclic) bond motifs is 1. The molecule has 2 saturated heterocycles. The molecule has 2 heterocycles. The number of nitrogens with one attached hydrogen (secondary N) is 1. The van der Waals surface area contributed by atoms with Crippen LogP contribution in [0, 0.1) is 0 Å². The van der Waals surface area contributed by atoms with E-state index in [1.54, 1.807) is 0 Å². The fourth-order valence-electron chi connectivity index (χ4n) is 1.58. The van der Waals surface area contributed by atoms with Crippen LogP contribution in [0.25, 0.3) is 0 Å². The molecular weight excluding hydrogens is 130 g/mol. The van der Waals surface area contributed by atoms with Crippen molar-refractivity contribution in [2.75, 3.05) is 26.4 Å². The quantitative estimate of drug-likeness (QED) is 0.508. The van der Waals surface area contributed by atoms with E-state index in [0.29, 0.717) is 12.1 Å². The number of ether oxygens (including phenoxy) is 2. The first kappa shape index (κ1) is 6.58. The molecule has 3 nitrogen and oxygen atoms in total. The third-order valence-electron chi connectivity index (χ3n) is 2.14. The van der Waals surface area contributed by atoms with Crippen molar-refractivity contribution in [1.29, 1.82) is 0 Å². The van der Waals surface area contributed by atoms with Crippen LogP contribution in [0.3, 0.4) is 0 Å². The third kappa shape index (κ3) is 1.17. The fourth-order valence-corrected chi connectivity index (χ4v) is 1.58. The van der Waals surface area contributed by atoms with Gasteiger partial charge in [0.05, 0.1) is 32.0 Å². The maximum absolute atomic E-state index is 5.54. The van der Waals surface area contributed by atoms with Gasteiger partial charge in [0.1, 0.15) is 0 Å². The van der Waals surface area contributed by atoms with Gasteiger partial charge in [-0.05, 0) is 13.0 Å². The van der Waals surface area contributed by atoms with E-state index in [1.807, 2.05) is 0 Å². The molecule has 2 rings (SSSR count). The van der Waals surface area contributed by atoms with Crippen LogP contribution in [0.4, 0.5) is 0 Å². The van der Waals surface area contributed by atoms with Gasteiger partial charge in [0.2, 0.25) is 0 Å². The fraction of sp³-hybridized carbons (Fsp3) is 1.00. The number of hydrogen-bond donors (Lipinski definition) is 1. The first-order valence-corrected chi connectivity index (χ1v) is 3.89. The van der Waals surface area contributed by atoms with Crippen LogP contribution >= 0.6 is 0 Å². The van der Waals surface area contributed by atoms with E-state index >= 15 is 0 Å². The lowest BCUT2D eigenvalue weighted by Gasteiger charge is -2.13. The predicted molar refractivity (Wildman–Crippen MR) is 37.0 cm³/mol. The Morgan fingerprint density at radius 3 is 3.30 bits per heavy atom. The van der Waals surface area contributed by atoms with E-state index in [-0.39, 0.29) is 0 Å². The molecule has 1 N–H and O–H groups in total. The largest absolute Gasteiger partial charge is 0.377 e. The topological polar surface area (TPSA) is 30.5 Å². The van der Waals surface area contributed by atoms with Gasteiger partial charge in [-0.2, -0.15) is 0 Å². The average Bonchev–Trinajstić information content (AvgIpc) is 2.28. The van der Waals surface area contributed by atoms with Gasteiger partial charge in [-0.25, -0.2) is 0 Å². The summed E-state index contributed by atoms with van der Waals surface area (Å²) in [6.45, 7) is 3.43. The van der Waals surface area contributed by atoms with Gasteiger partial charge in [-0.1, -0.05) is 0 Å². The van der Waals surface area contributed by atoms with Gasteiger partial charge in [0.25, 0.3) is 0 Å². The summed E-state index contributed by atoms with van der Waals surface area (Å²) >= 11 is 0. The number of rotatable bonds is 0. The van der Waals surface area contributed by atoms with E-state index in [9.17, 15) is 0 Å². The third-order valence-corrected chi connectivity index (χ3v) is 2.14. The summed E-state index contributed by atoms with van der Waals surface area (Å²) in [5.41, 5.74) is 0. The standard InChI is InChI=1S/C7H13NO2/c1-2-8-6-5-9-3-4-10-7(1)6/h6-8H,1-5H2. The van der Waals surface area contributed by atoms with Gasteiger partial charge < -0.3 is 14.8 Å². The molecule has 0 saturated carbocycles. The van der Waals surface area contributed by atoms with Crippen LogP contribution in [-0.4, -0.2) is 38.5 Å². The molecule has 2 fully saturated rings. The van der Waals surface area contributed by atoms with Crippen molar-refractivity contribution < 1.29 is 9.47 Å². The summed E-state index contributed by atoms with van der Waals surface area (Å²) in [6.07, 6.45) is 1.57. The van der Waals surface area contributed by atoms with E-state index in [2.05, 4.69) is 5.32 Å². The zero-order chi connectivity index (χ0) is 6.81. The molecule has 3 heteroatoms. The molecule has 0 aromatic rings. The second-order valence-electron chi connectivity index (χ2n) is 2.83.